The number of ether oxygens (including phenoxy) is 4. The lowest BCUT2D eigenvalue weighted by Gasteiger charge is -2.39. The Bertz CT molecular complexity index is 780. The van der Waals surface area contributed by atoms with Crippen LogP contribution in [0.4, 0.5) is 4.79 Å². The van der Waals surface area contributed by atoms with Gasteiger partial charge in [0.1, 0.15) is 5.60 Å². The van der Waals surface area contributed by atoms with E-state index in [1.165, 1.54) is 0 Å². The molecule has 30 heavy (non-hydrogen) atoms. The van der Waals surface area contributed by atoms with Crippen LogP contribution in [0.1, 0.15) is 26.3 Å². The van der Waals surface area contributed by atoms with Gasteiger partial charge in [-0.15, -0.1) is 0 Å². The van der Waals surface area contributed by atoms with Crippen LogP contribution in [-0.2, 0) is 11.3 Å². The molecule has 0 aliphatic carbocycles. The van der Waals surface area contributed by atoms with Gasteiger partial charge in [0.15, 0.2) is 17.5 Å². The number of carbonyl (C=O) groups excluding carboxylic acids is 1. The maximum absolute atomic E-state index is 12.4. The fraction of sp³-hybridized carbons (Fsp3) is 0.619. The molecule has 0 aromatic heterocycles. The Balaban J connectivity index is 1.60. The zero-order valence-corrected chi connectivity index (χ0v) is 18.7. The maximum Gasteiger partial charge on any atom is 0.410 e. The Morgan fingerprint density at radius 2 is 1.80 bits per heavy atom. The summed E-state index contributed by atoms with van der Waals surface area (Å²) in [6.07, 6.45) is -0.263. The number of hydrogen-bond acceptors (Lipinski definition) is 8. The van der Waals surface area contributed by atoms with Crippen molar-refractivity contribution in [3.8, 4) is 17.2 Å². The van der Waals surface area contributed by atoms with Gasteiger partial charge in [0.25, 0.3) is 0 Å². The number of nitrogens with one attached hydrogen (secondary N) is 1. The van der Waals surface area contributed by atoms with Gasteiger partial charge in [-0.3, -0.25) is 4.99 Å². The van der Waals surface area contributed by atoms with Gasteiger partial charge in [-0.2, -0.15) is 0 Å². The van der Waals surface area contributed by atoms with E-state index in [9.17, 15) is 4.79 Å². The third-order valence-electron chi connectivity index (χ3n) is 5.03. The summed E-state index contributed by atoms with van der Waals surface area (Å²) in [6, 6.07) is 4.00. The molecule has 1 unspecified atom stereocenters. The van der Waals surface area contributed by atoms with Gasteiger partial charge >= 0.3 is 6.09 Å². The minimum absolute atomic E-state index is 0.161. The maximum atomic E-state index is 12.4. The lowest BCUT2D eigenvalue weighted by atomic mass is 10.1. The van der Waals surface area contributed by atoms with E-state index in [1.54, 1.807) is 26.2 Å². The second-order valence-electron chi connectivity index (χ2n) is 8.33. The molecule has 1 aromatic rings. The fourth-order valence-electron chi connectivity index (χ4n) is 3.64. The van der Waals surface area contributed by atoms with Crippen LogP contribution in [0, 0.1) is 0 Å². The number of fused-ring (bicyclic) bond motifs is 1. The smallest absolute Gasteiger partial charge is 0.410 e. The number of carbonyl (C=O) groups is 1. The van der Waals surface area contributed by atoms with Crippen molar-refractivity contribution in [1.29, 1.82) is 0 Å². The van der Waals surface area contributed by atoms with E-state index in [0.717, 1.165) is 11.5 Å². The van der Waals surface area contributed by atoms with Crippen LogP contribution in [0.25, 0.3) is 0 Å². The second kappa shape index (κ2) is 8.89. The van der Waals surface area contributed by atoms with Gasteiger partial charge in [-0.25, -0.2) is 4.79 Å². The first kappa shape index (κ1) is 21.9. The number of methoxy groups -OCH3 is 3. The summed E-state index contributed by atoms with van der Waals surface area (Å²) in [4.78, 5) is 21.0. The third kappa shape index (κ3) is 4.83. The summed E-state index contributed by atoms with van der Waals surface area (Å²) in [6.45, 7) is 8.78. The van der Waals surface area contributed by atoms with E-state index >= 15 is 0 Å². The average Bonchev–Trinajstić information content (AvgIpc) is 3.12. The minimum Gasteiger partial charge on any atom is -0.493 e. The molecule has 0 spiro atoms. The fourth-order valence-corrected chi connectivity index (χ4v) is 3.64. The largest absolute Gasteiger partial charge is 0.493 e. The predicted molar refractivity (Wildman–Crippen MR) is 114 cm³/mol. The van der Waals surface area contributed by atoms with Crippen molar-refractivity contribution in [3.63, 3.8) is 0 Å². The van der Waals surface area contributed by atoms with Crippen molar-refractivity contribution >= 4 is 12.1 Å². The highest BCUT2D eigenvalue weighted by molar-refractivity contribution is 5.82. The first-order chi connectivity index (χ1) is 14.3. The van der Waals surface area contributed by atoms with E-state index in [4.69, 9.17) is 18.9 Å². The molecule has 0 radical (unpaired) electrons. The first-order valence-corrected chi connectivity index (χ1v) is 10.1. The highest BCUT2D eigenvalue weighted by atomic mass is 16.6. The van der Waals surface area contributed by atoms with Gasteiger partial charge in [0.2, 0.25) is 5.75 Å². The SMILES string of the molecule is COc1cc(CNC2=NCC3CN(C(=O)OC(C)(C)C)CCN23)cc(OC)c1OC. The summed E-state index contributed by atoms with van der Waals surface area (Å²) < 4.78 is 21.7. The summed E-state index contributed by atoms with van der Waals surface area (Å²) >= 11 is 0. The van der Waals surface area contributed by atoms with E-state index in [0.29, 0.717) is 50.0 Å². The second-order valence-corrected chi connectivity index (χ2v) is 8.33. The van der Waals surface area contributed by atoms with Gasteiger partial charge < -0.3 is 34.1 Å². The topological polar surface area (TPSA) is 84.9 Å². The minimum atomic E-state index is -0.492. The standard InChI is InChI=1S/C21H32N4O5/c1-21(2,3)30-20(26)24-7-8-25-15(13-24)12-23-19(25)22-11-14-9-16(27-4)18(29-6)17(10-14)28-5/h9-10,15H,7-8,11-13H2,1-6H3,(H,22,23). The van der Waals surface area contributed by atoms with Gasteiger partial charge in [-0.1, -0.05) is 0 Å². The van der Waals surface area contributed by atoms with Crippen LogP contribution in [0.3, 0.4) is 0 Å². The highest BCUT2D eigenvalue weighted by Crippen LogP contribution is 2.38. The van der Waals surface area contributed by atoms with Crippen LogP contribution in [0.5, 0.6) is 17.2 Å². The number of piperazine rings is 1. The lowest BCUT2D eigenvalue weighted by Crippen LogP contribution is -2.57. The molecule has 2 aliphatic rings. The molecule has 9 nitrogen and oxygen atoms in total. The summed E-state index contributed by atoms with van der Waals surface area (Å²) in [7, 11) is 4.79. The quantitative estimate of drug-likeness (QED) is 0.781. The molecule has 2 aliphatic heterocycles. The zero-order valence-electron chi connectivity index (χ0n) is 18.7. The van der Waals surface area contributed by atoms with Crippen molar-refractivity contribution in [1.82, 2.24) is 15.1 Å². The number of aliphatic imine (C=N–C) groups is 1. The Hall–Kier alpha value is -2.84. The Labute approximate surface area is 177 Å². The van der Waals surface area contributed by atoms with Crippen molar-refractivity contribution in [3.05, 3.63) is 17.7 Å². The molecule has 3 rings (SSSR count). The summed E-state index contributed by atoms with van der Waals surface area (Å²) in [5.41, 5.74) is 0.496. The summed E-state index contributed by atoms with van der Waals surface area (Å²) in [5.74, 6) is 2.65. The Morgan fingerprint density at radius 3 is 2.37 bits per heavy atom. The average molecular weight is 421 g/mol. The predicted octanol–water partition coefficient (Wildman–Crippen LogP) is 2.09. The number of amides is 1. The number of hydrogen-bond donors (Lipinski definition) is 1. The van der Waals surface area contributed by atoms with Crippen molar-refractivity contribution < 1.29 is 23.7 Å². The molecular weight excluding hydrogens is 388 g/mol. The van der Waals surface area contributed by atoms with Crippen molar-refractivity contribution in [2.24, 2.45) is 4.99 Å². The molecule has 166 valence electrons. The molecule has 0 saturated carbocycles. The molecular formula is C21H32N4O5. The van der Waals surface area contributed by atoms with Crippen LogP contribution in [0.15, 0.2) is 17.1 Å². The van der Waals surface area contributed by atoms with Gasteiger partial charge in [-0.05, 0) is 38.5 Å². The number of rotatable bonds is 5. The van der Waals surface area contributed by atoms with Crippen LogP contribution >= 0.6 is 0 Å². The van der Waals surface area contributed by atoms with Crippen LogP contribution in [0.2, 0.25) is 0 Å². The first-order valence-electron chi connectivity index (χ1n) is 10.1. The molecule has 0 bridgehead atoms. The zero-order chi connectivity index (χ0) is 21.9. The summed E-state index contributed by atoms with van der Waals surface area (Å²) in [5, 5.41) is 3.41. The molecule has 2 heterocycles. The van der Waals surface area contributed by atoms with E-state index in [-0.39, 0.29) is 12.1 Å². The van der Waals surface area contributed by atoms with E-state index in [2.05, 4.69) is 15.2 Å². The highest BCUT2D eigenvalue weighted by Gasteiger charge is 2.36. The molecule has 9 heteroatoms. The van der Waals surface area contributed by atoms with Crippen molar-refractivity contribution in [2.45, 2.75) is 39.0 Å². The molecule has 1 amide bonds. The Morgan fingerprint density at radius 1 is 1.13 bits per heavy atom. The molecule has 1 fully saturated rings. The van der Waals surface area contributed by atoms with Crippen LogP contribution < -0.4 is 19.5 Å². The number of nitrogens with zero attached hydrogens (tertiary/aromatic N) is 3. The van der Waals surface area contributed by atoms with E-state index < -0.39 is 5.60 Å². The molecule has 1 atom stereocenters. The Kier molecular flexibility index (Phi) is 6.48. The van der Waals surface area contributed by atoms with Crippen LogP contribution in [-0.4, -0.2) is 81.0 Å². The van der Waals surface area contributed by atoms with E-state index in [1.807, 2.05) is 32.9 Å². The van der Waals surface area contributed by atoms with Gasteiger partial charge in [0.05, 0.1) is 33.9 Å². The lowest BCUT2D eigenvalue weighted by molar-refractivity contribution is 0.0137. The molecule has 1 N–H and O–H groups in total. The van der Waals surface area contributed by atoms with Crippen molar-refractivity contribution in [2.75, 3.05) is 47.5 Å². The normalized spacial score (nSPS) is 18.5. The monoisotopic (exact) mass is 420 g/mol. The van der Waals surface area contributed by atoms with Gasteiger partial charge in [0, 0.05) is 26.2 Å². The number of benzene rings is 1. The number of guanidine groups is 1. The molecule has 1 saturated heterocycles. The molecule has 1 aromatic carbocycles. The third-order valence-corrected chi connectivity index (χ3v) is 5.03.